The summed E-state index contributed by atoms with van der Waals surface area (Å²) < 4.78 is 40.1. The fourth-order valence-electron chi connectivity index (χ4n) is 2.39. The Morgan fingerprint density at radius 1 is 1.33 bits per heavy atom. The average molecular weight is 258 g/mol. The molecular weight excluding hydrogens is 241 g/mol. The Bertz CT molecular complexity index is 436. The zero-order valence-corrected chi connectivity index (χ0v) is 10.5. The number of nitrogens with one attached hydrogen (secondary N) is 1. The molecule has 1 aromatic carbocycles. The third kappa shape index (κ3) is 2.67. The highest BCUT2D eigenvalue weighted by atomic mass is 19.2. The number of rotatable bonds is 2. The summed E-state index contributed by atoms with van der Waals surface area (Å²) in [5, 5.41) is 3.27. The van der Waals surface area contributed by atoms with Gasteiger partial charge in [-0.25, -0.2) is 13.2 Å². The van der Waals surface area contributed by atoms with Crippen LogP contribution < -0.4 is 5.32 Å². The molecule has 18 heavy (non-hydrogen) atoms. The maximum Gasteiger partial charge on any atom is 0.163 e. The lowest BCUT2D eigenvalue weighted by Gasteiger charge is -2.36. The molecule has 1 fully saturated rings. The topological polar surface area (TPSA) is 15.3 Å². The van der Waals surface area contributed by atoms with Crippen LogP contribution in [-0.2, 0) is 0 Å². The molecule has 2 nitrogen and oxygen atoms in total. The van der Waals surface area contributed by atoms with Gasteiger partial charge in [0.2, 0.25) is 0 Å². The van der Waals surface area contributed by atoms with Gasteiger partial charge < -0.3 is 5.32 Å². The molecule has 0 radical (unpaired) electrons. The Morgan fingerprint density at radius 2 is 2.06 bits per heavy atom. The molecule has 1 aromatic rings. The van der Waals surface area contributed by atoms with E-state index < -0.39 is 17.5 Å². The van der Waals surface area contributed by atoms with Crippen molar-refractivity contribution in [2.24, 2.45) is 0 Å². The van der Waals surface area contributed by atoms with Crippen molar-refractivity contribution in [2.45, 2.75) is 25.9 Å². The molecule has 100 valence electrons. The second kappa shape index (κ2) is 5.28. The van der Waals surface area contributed by atoms with Gasteiger partial charge in [-0.15, -0.1) is 0 Å². The first-order valence-corrected chi connectivity index (χ1v) is 6.11. The lowest BCUT2D eigenvalue weighted by Crippen LogP contribution is -2.49. The summed E-state index contributed by atoms with van der Waals surface area (Å²) in [4.78, 5) is 2.03. The lowest BCUT2D eigenvalue weighted by atomic mass is 10.0. The van der Waals surface area contributed by atoms with Crippen molar-refractivity contribution in [3.8, 4) is 0 Å². The molecule has 2 atom stereocenters. The first-order valence-electron chi connectivity index (χ1n) is 6.11. The Morgan fingerprint density at radius 3 is 2.72 bits per heavy atom. The van der Waals surface area contributed by atoms with Crippen LogP contribution in [0.2, 0.25) is 0 Å². The minimum Gasteiger partial charge on any atom is -0.312 e. The number of benzene rings is 1. The summed E-state index contributed by atoms with van der Waals surface area (Å²) in [6, 6.07) is 1.62. The van der Waals surface area contributed by atoms with Crippen molar-refractivity contribution in [1.29, 1.82) is 0 Å². The third-order valence-corrected chi connectivity index (χ3v) is 3.42. The van der Waals surface area contributed by atoms with Crippen LogP contribution in [0.15, 0.2) is 12.1 Å². The number of nitrogens with zero attached hydrogens (tertiary/aromatic N) is 1. The molecule has 0 aromatic heterocycles. The summed E-state index contributed by atoms with van der Waals surface area (Å²) >= 11 is 0. The van der Waals surface area contributed by atoms with Gasteiger partial charge in [0.15, 0.2) is 11.6 Å². The fourth-order valence-corrected chi connectivity index (χ4v) is 2.39. The van der Waals surface area contributed by atoms with E-state index in [0.29, 0.717) is 12.1 Å². The molecule has 1 heterocycles. The first kappa shape index (κ1) is 13.4. The quantitative estimate of drug-likeness (QED) is 0.820. The van der Waals surface area contributed by atoms with Crippen molar-refractivity contribution in [3.63, 3.8) is 0 Å². The largest absolute Gasteiger partial charge is 0.312 e. The third-order valence-electron chi connectivity index (χ3n) is 3.42. The summed E-state index contributed by atoms with van der Waals surface area (Å²) in [6.07, 6.45) is 0. The van der Waals surface area contributed by atoms with Gasteiger partial charge >= 0.3 is 0 Å². The highest BCUT2D eigenvalue weighted by molar-refractivity contribution is 5.23. The number of piperazine rings is 1. The fraction of sp³-hybridized carbons (Fsp3) is 0.538. The Balaban J connectivity index is 2.25. The van der Waals surface area contributed by atoms with Crippen LogP contribution in [0, 0.1) is 17.5 Å². The van der Waals surface area contributed by atoms with Gasteiger partial charge in [-0.2, -0.15) is 0 Å². The molecule has 1 N–H and O–H groups in total. The van der Waals surface area contributed by atoms with E-state index in [1.807, 2.05) is 11.8 Å². The van der Waals surface area contributed by atoms with E-state index in [0.717, 1.165) is 25.7 Å². The van der Waals surface area contributed by atoms with Crippen molar-refractivity contribution in [1.82, 2.24) is 10.2 Å². The SMILES string of the molecule is CC1CN(C(C)c2cc(F)cc(F)c2F)CCN1. The minimum atomic E-state index is -1.12. The van der Waals surface area contributed by atoms with Crippen LogP contribution in [0.4, 0.5) is 13.2 Å². The number of hydrogen-bond acceptors (Lipinski definition) is 2. The molecule has 1 aliphatic rings. The van der Waals surface area contributed by atoms with Crippen molar-refractivity contribution >= 4 is 0 Å². The molecule has 0 saturated carbocycles. The number of halogens is 3. The van der Waals surface area contributed by atoms with E-state index in [1.165, 1.54) is 0 Å². The Kier molecular flexibility index (Phi) is 3.92. The van der Waals surface area contributed by atoms with Gasteiger partial charge in [-0.05, 0) is 19.9 Å². The predicted octanol–water partition coefficient (Wildman–Crippen LogP) is 2.46. The van der Waals surface area contributed by atoms with E-state index in [4.69, 9.17) is 0 Å². The monoisotopic (exact) mass is 258 g/mol. The number of hydrogen-bond donors (Lipinski definition) is 1. The molecule has 2 unspecified atom stereocenters. The van der Waals surface area contributed by atoms with Crippen molar-refractivity contribution in [3.05, 3.63) is 35.1 Å². The van der Waals surface area contributed by atoms with Crippen LogP contribution in [0.5, 0.6) is 0 Å². The average Bonchev–Trinajstić information content (AvgIpc) is 2.33. The van der Waals surface area contributed by atoms with Gasteiger partial charge in [0.05, 0.1) is 0 Å². The van der Waals surface area contributed by atoms with Crippen molar-refractivity contribution in [2.75, 3.05) is 19.6 Å². The second-order valence-corrected chi connectivity index (χ2v) is 4.82. The molecule has 0 bridgehead atoms. The highest BCUT2D eigenvalue weighted by Crippen LogP contribution is 2.26. The van der Waals surface area contributed by atoms with Crippen LogP contribution in [0.3, 0.4) is 0 Å². The van der Waals surface area contributed by atoms with Crippen molar-refractivity contribution < 1.29 is 13.2 Å². The predicted molar refractivity (Wildman–Crippen MR) is 63.8 cm³/mol. The molecule has 0 amide bonds. The first-order chi connectivity index (χ1) is 8.49. The van der Waals surface area contributed by atoms with Crippen LogP contribution in [0.1, 0.15) is 25.5 Å². The molecule has 1 aliphatic heterocycles. The summed E-state index contributed by atoms with van der Waals surface area (Å²) in [5.41, 5.74) is 0.0848. The highest BCUT2D eigenvalue weighted by Gasteiger charge is 2.25. The van der Waals surface area contributed by atoms with Crippen LogP contribution in [-0.4, -0.2) is 30.6 Å². The second-order valence-electron chi connectivity index (χ2n) is 4.82. The van der Waals surface area contributed by atoms with E-state index in [2.05, 4.69) is 5.32 Å². The molecule has 1 saturated heterocycles. The smallest absolute Gasteiger partial charge is 0.163 e. The summed E-state index contributed by atoms with van der Waals surface area (Å²) in [6.45, 7) is 6.07. The standard InChI is InChI=1S/C13H17F3N2/c1-8-7-18(4-3-17-8)9(2)11-5-10(14)6-12(15)13(11)16/h5-6,8-9,17H,3-4,7H2,1-2H3. The van der Waals surface area contributed by atoms with Crippen LogP contribution >= 0.6 is 0 Å². The Labute approximate surface area is 105 Å². The van der Waals surface area contributed by atoms with E-state index >= 15 is 0 Å². The normalized spacial score (nSPS) is 23.1. The minimum absolute atomic E-state index is 0.0848. The summed E-state index contributed by atoms with van der Waals surface area (Å²) in [7, 11) is 0. The van der Waals surface area contributed by atoms with E-state index in [1.54, 1.807) is 6.92 Å². The Hall–Kier alpha value is -1.07. The van der Waals surface area contributed by atoms with Crippen LogP contribution in [0.25, 0.3) is 0 Å². The van der Waals surface area contributed by atoms with E-state index in [-0.39, 0.29) is 11.6 Å². The van der Waals surface area contributed by atoms with Gasteiger partial charge in [-0.1, -0.05) is 0 Å². The molecular formula is C13H17F3N2. The molecule has 5 heteroatoms. The maximum absolute atomic E-state index is 13.7. The van der Waals surface area contributed by atoms with E-state index in [9.17, 15) is 13.2 Å². The molecule has 0 aliphatic carbocycles. The molecule has 2 rings (SSSR count). The maximum atomic E-state index is 13.7. The molecule has 0 spiro atoms. The summed E-state index contributed by atoms with van der Waals surface area (Å²) in [5.74, 6) is -2.81. The van der Waals surface area contributed by atoms with Gasteiger partial charge in [0.25, 0.3) is 0 Å². The van der Waals surface area contributed by atoms with Gasteiger partial charge in [-0.3, -0.25) is 4.90 Å². The van der Waals surface area contributed by atoms with Gasteiger partial charge in [0.1, 0.15) is 5.82 Å². The van der Waals surface area contributed by atoms with Gasteiger partial charge in [0, 0.05) is 43.3 Å². The lowest BCUT2D eigenvalue weighted by molar-refractivity contribution is 0.155. The zero-order chi connectivity index (χ0) is 13.3. The zero-order valence-electron chi connectivity index (χ0n) is 10.5.